The SMILES string of the molecule is CCOc1cnc2ccn(-c3ccccc3)c2c1.Ic1ccccc1. The van der Waals surface area contributed by atoms with Gasteiger partial charge in [0.25, 0.3) is 0 Å². The average Bonchev–Trinajstić information content (AvgIpc) is 3.07. The van der Waals surface area contributed by atoms with Crippen LogP contribution in [0.5, 0.6) is 5.75 Å². The maximum atomic E-state index is 5.50. The number of fused-ring (bicyclic) bond motifs is 1. The van der Waals surface area contributed by atoms with Gasteiger partial charge < -0.3 is 9.30 Å². The summed E-state index contributed by atoms with van der Waals surface area (Å²) >= 11 is 2.28. The summed E-state index contributed by atoms with van der Waals surface area (Å²) in [5.74, 6) is 0.806. The zero-order valence-electron chi connectivity index (χ0n) is 14.0. The number of pyridine rings is 1. The summed E-state index contributed by atoms with van der Waals surface area (Å²) in [7, 11) is 0. The molecule has 0 bridgehead atoms. The number of para-hydroxylation sites is 1. The minimum Gasteiger partial charge on any atom is -0.492 e. The van der Waals surface area contributed by atoms with Gasteiger partial charge in [0.2, 0.25) is 0 Å². The number of rotatable bonds is 3. The van der Waals surface area contributed by atoms with Crippen molar-refractivity contribution in [2.45, 2.75) is 6.92 Å². The molecule has 0 saturated heterocycles. The number of hydrogen-bond donors (Lipinski definition) is 0. The molecule has 25 heavy (non-hydrogen) atoms. The van der Waals surface area contributed by atoms with Crippen LogP contribution in [0, 0.1) is 3.57 Å². The molecule has 4 aromatic rings. The molecule has 3 nitrogen and oxygen atoms in total. The fourth-order valence-electron chi connectivity index (χ4n) is 2.47. The van der Waals surface area contributed by atoms with E-state index in [4.69, 9.17) is 4.74 Å². The second-order valence-electron chi connectivity index (χ2n) is 5.33. The Morgan fingerprint density at radius 2 is 1.64 bits per heavy atom. The Balaban J connectivity index is 0.000000219. The van der Waals surface area contributed by atoms with Crippen LogP contribution < -0.4 is 4.74 Å². The van der Waals surface area contributed by atoms with E-state index < -0.39 is 0 Å². The molecule has 0 N–H and O–H groups in total. The van der Waals surface area contributed by atoms with Crippen molar-refractivity contribution in [3.8, 4) is 11.4 Å². The number of hydrogen-bond acceptors (Lipinski definition) is 2. The van der Waals surface area contributed by atoms with E-state index in [0.717, 1.165) is 22.5 Å². The average molecular weight is 442 g/mol. The molecule has 0 fully saturated rings. The Bertz CT molecular complexity index is 920. The Labute approximate surface area is 161 Å². The van der Waals surface area contributed by atoms with Gasteiger partial charge in [-0.2, -0.15) is 0 Å². The highest BCUT2D eigenvalue weighted by Gasteiger charge is 2.05. The third-order valence-corrected chi connectivity index (χ3v) is 4.31. The number of nitrogens with zero attached hydrogens (tertiary/aromatic N) is 2. The monoisotopic (exact) mass is 442 g/mol. The Kier molecular flexibility index (Phi) is 6.06. The van der Waals surface area contributed by atoms with E-state index in [0.29, 0.717) is 6.61 Å². The molecule has 126 valence electrons. The molecule has 0 saturated carbocycles. The second-order valence-corrected chi connectivity index (χ2v) is 6.57. The van der Waals surface area contributed by atoms with Crippen LogP contribution in [0.3, 0.4) is 0 Å². The van der Waals surface area contributed by atoms with E-state index in [1.165, 1.54) is 3.57 Å². The molecule has 0 unspecified atom stereocenters. The molecule has 0 aliphatic heterocycles. The first-order valence-corrected chi connectivity index (χ1v) is 9.21. The zero-order valence-corrected chi connectivity index (χ0v) is 16.1. The van der Waals surface area contributed by atoms with Crippen LogP contribution in [-0.4, -0.2) is 16.2 Å². The van der Waals surface area contributed by atoms with E-state index in [1.807, 2.05) is 61.7 Å². The van der Waals surface area contributed by atoms with Crippen molar-refractivity contribution in [2.24, 2.45) is 0 Å². The van der Waals surface area contributed by atoms with Gasteiger partial charge in [-0.3, -0.25) is 4.98 Å². The molecule has 0 spiro atoms. The third-order valence-electron chi connectivity index (χ3n) is 3.59. The van der Waals surface area contributed by atoms with Crippen LogP contribution in [0.25, 0.3) is 16.7 Å². The smallest absolute Gasteiger partial charge is 0.139 e. The van der Waals surface area contributed by atoms with Gasteiger partial charge in [-0.1, -0.05) is 36.4 Å². The lowest BCUT2D eigenvalue weighted by molar-refractivity contribution is 0.339. The molecule has 0 aliphatic carbocycles. The topological polar surface area (TPSA) is 27.1 Å². The molecule has 0 aliphatic rings. The number of benzene rings is 2. The van der Waals surface area contributed by atoms with Gasteiger partial charge in [0, 0.05) is 21.5 Å². The quantitative estimate of drug-likeness (QED) is 0.380. The highest BCUT2D eigenvalue weighted by molar-refractivity contribution is 14.1. The molecule has 4 heteroatoms. The van der Waals surface area contributed by atoms with E-state index in [2.05, 4.69) is 56.4 Å². The minimum absolute atomic E-state index is 0.652. The van der Waals surface area contributed by atoms with E-state index in [-0.39, 0.29) is 0 Å². The molecule has 0 atom stereocenters. The molecule has 0 radical (unpaired) electrons. The molecule has 0 amide bonds. The summed E-state index contributed by atoms with van der Waals surface area (Å²) in [6.45, 7) is 2.62. The first-order valence-electron chi connectivity index (χ1n) is 8.14. The van der Waals surface area contributed by atoms with Crippen LogP contribution in [0.15, 0.2) is 85.2 Å². The van der Waals surface area contributed by atoms with E-state index in [1.54, 1.807) is 6.20 Å². The molecular formula is C21H19IN2O. The minimum atomic E-state index is 0.652. The van der Waals surface area contributed by atoms with Gasteiger partial charge in [0.1, 0.15) is 5.75 Å². The maximum Gasteiger partial charge on any atom is 0.139 e. The van der Waals surface area contributed by atoms with Gasteiger partial charge in [0.15, 0.2) is 0 Å². The van der Waals surface area contributed by atoms with Crippen molar-refractivity contribution >= 4 is 33.6 Å². The van der Waals surface area contributed by atoms with Gasteiger partial charge in [-0.05, 0) is 59.8 Å². The molecule has 2 heterocycles. The van der Waals surface area contributed by atoms with Crippen LogP contribution in [0.1, 0.15) is 6.92 Å². The van der Waals surface area contributed by atoms with Crippen molar-refractivity contribution in [1.82, 2.24) is 9.55 Å². The largest absolute Gasteiger partial charge is 0.492 e. The van der Waals surface area contributed by atoms with Crippen molar-refractivity contribution < 1.29 is 4.74 Å². The molecule has 2 aromatic carbocycles. The van der Waals surface area contributed by atoms with Crippen molar-refractivity contribution in [3.63, 3.8) is 0 Å². The van der Waals surface area contributed by atoms with Crippen molar-refractivity contribution in [1.29, 1.82) is 0 Å². The van der Waals surface area contributed by atoms with E-state index in [9.17, 15) is 0 Å². The van der Waals surface area contributed by atoms with Gasteiger partial charge in [-0.25, -0.2) is 0 Å². The first-order chi connectivity index (χ1) is 12.3. The number of ether oxygens (including phenoxy) is 1. The lowest BCUT2D eigenvalue weighted by atomic mass is 10.3. The lowest BCUT2D eigenvalue weighted by Gasteiger charge is -2.06. The normalized spacial score (nSPS) is 10.2. The van der Waals surface area contributed by atoms with Crippen molar-refractivity contribution in [2.75, 3.05) is 6.61 Å². The molecular weight excluding hydrogens is 423 g/mol. The fraction of sp³-hybridized carbons (Fsp3) is 0.0952. The summed E-state index contributed by atoms with van der Waals surface area (Å²) in [5.41, 5.74) is 3.16. The van der Waals surface area contributed by atoms with E-state index >= 15 is 0 Å². The Morgan fingerprint density at radius 1 is 0.960 bits per heavy atom. The predicted molar refractivity (Wildman–Crippen MR) is 111 cm³/mol. The highest BCUT2D eigenvalue weighted by atomic mass is 127. The Hall–Kier alpha value is -2.34. The molecule has 2 aromatic heterocycles. The fourth-order valence-corrected chi connectivity index (χ4v) is 2.88. The van der Waals surface area contributed by atoms with Crippen molar-refractivity contribution in [3.05, 3.63) is 88.8 Å². The number of aromatic nitrogens is 2. The van der Waals surface area contributed by atoms with Gasteiger partial charge >= 0.3 is 0 Å². The summed E-state index contributed by atoms with van der Waals surface area (Å²) in [6, 6.07) is 24.5. The summed E-state index contributed by atoms with van der Waals surface area (Å²) < 4.78 is 8.91. The van der Waals surface area contributed by atoms with Crippen LogP contribution in [-0.2, 0) is 0 Å². The zero-order chi connectivity index (χ0) is 17.5. The lowest BCUT2D eigenvalue weighted by Crippen LogP contribution is -1.95. The summed E-state index contributed by atoms with van der Waals surface area (Å²) in [4.78, 5) is 4.40. The van der Waals surface area contributed by atoms with Crippen LogP contribution in [0.4, 0.5) is 0 Å². The standard InChI is InChI=1S/C15H14N2O.C6H5I/c1-2-18-13-10-15-14(16-11-13)8-9-17(15)12-6-4-3-5-7-12;7-6-4-2-1-3-5-6/h3-11H,2H2,1H3;1-5H. The predicted octanol–water partition coefficient (Wildman–Crippen LogP) is 5.72. The summed E-state index contributed by atoms with van der Waals surface area (Å²) in [5, 5.41) is 0. The van der Waals surface area contributed by atoms with Crippen LogP contribution in [0.2, 0.25) is 0 Å². The van der Waals surface area contributed by atoms with Crippen LogP contribution >= 0.6 is 22.6 Å². The second kappa shape index (κ2) is 8.67. The molecule has 4 rings (SSSR count). The number of halogens is 1. The maximum absolute atomic E-state index is 5.50. The Morgan fingerprint density at radius 3 is 2.24 bits per heavy atom. The third kappa shape index (κ3) is 4.60. The first kappa shape index (κ1) is 17.5. The van der Waals surface area contributed by atoms with Gasteiger partial charge in [0.05, 0.1) is 23.8 Å². The summed E-state index contributed by atoms with van der Waals surface area (Å²) in [6.07, 6.45) is 3.80. The van der Waals surface area contributed by atoms with Gasteiger partial charge in [-0.15, -0.1) is 0 Å². The highest BCUT2D eigenvalue weighted by Crippen LogP contribution is 2.22.